The van der Waals surface area contributed by atoms with Crippen molar-refractivity contribution in [1.82, 2.24) is 30.0 Å². The third kappa shape index (κ3) is 5.45. The molecular weight excluding hydrogens is 438 g/mol. The first kappa shape index (κ1) is 22.1. The molecule has 2 fully saturated rings. The average molecular weight is 468 g/mol. The molecule has 1 amide bonds. The number of fused-ring (bicyclic) bond motifs is 1. The van der Waals surface area contributed by atoms with E-state index in [2.05, 4.69) is 42.5 Å². The molecule has 0 saturated carbocycles. The van der Waals surface area contributed by atoms with Crippen molar-refractivity contribution in [3.8, 4) is 0 Å². The topological polar surface area (TPSA) is 78.7 Å². The summed E-state index contributed by atoms with van der Waals surface area (Å²) in [5.41, 5.74) is 2.04. The van der Waals surface area contributed by atoms with E-state index in [0.717, 1.165) is 81.4 Å². The number of nitrogens with zero attached hydrogens (tertiary/aromatic N) is 6. The highest BCUT2D eigenvalue weighted by atomic mass is 35.5. The molecule has 0 unspecified atom stereocenters. The number of aromatic nitrogens is 4. The zero-order valence-electron chi connectivity index (χ0n) is 18.7. The van der Waals surface area contributed by atoms with Crippen LogP contribution in [0.1, 0.15) is 31.2 Å². The molecule has 8 nitrogen and oxygen atoms in total. The highest BCUT2D eigenvalue weighted by Gasteiger charge is 2.27. The van der Waals surface area contributed by atoms with Gasteiger partial charge in [0.25, 0.3) is 0 Å². The molecule has 33 heavy (non-hydrogen) atoms. The van der Waals surface area contributed by atoms with E-state index in [1.807, 2.05) is 24.3 Å². The Morgan fingerprint density at radius 2 is 1.76 bits per heavy atom. The van der Waals surface area contributed by atoms with Crippen LogP contribution < -0.4 is 10.2 Å². The number of likely N-dealkylation sites (tertiary alicyclic amines) is 1. The molecule has 2 aliphatic heterocycles. The quantitative estimate of drug-likeness (QED) is 0.600. The van der Waals surface area contributed by atoms with E-state index in [0.29, 0.717) is 5.92 Å². The van der Waals surface area contributed by atoms with Crippen molar-refractivity contribution in [2.24, 2.45) is 11.8 Å². The van der Waals surface area contributed by atoms with Gasteiger partial charge in [-0.05, 0) is 74.5 Å². The molecule has 5 rings (SSSR count). The summed E-state index contributed by atoms with van der Waals surface area (Å²) in [6.45, 7) is 5.58. The summed E-state index contributed by atoms with van der Waals surface area (Å²) in [5.74, 6) is 1.77. The van der Waals surface area contributed by atoms with Crippen molar-refractivity contribution in [2.75, 3.05) is 37.6 Å². The lowest BCUT2D eigenvalue weighted by molar-refractivity contribution is -0.125. The fourth-order valence-corrected chi connectivity index (χ4v) is 4.97. The van der Waals surface area contributed by atoms with Crippen molar-refractivity contribution < 1.29 is 4.79 Å². The predicted octanol–water partition coefficient (Wildman–Crippen LogP) is 3.02. The SMILES string of the molecule is O=C(NCC1CCN(Cc2ccc(Cl)cc2)CC1)C1CCN(c2ccc3nncn3n2)CC1. The highest BCUT2D eigenvalue weighted by Crippen LogP contribution is 2.23. The van der Waals surface area contributed by atoms with Crippen molar-refractivity contribution in [3.63, 3.8) is 0 Å². The number of hydrogen-bond acceptors (Lipinski definition) is 6. The van der Waals surface area contributed by atoms with Gasteiger partial charge in [0.1, 0.15) is 12.1 Å². The molecule has 0 radical (unpaired) electrons. The number of nitrogens with one attached hydrogen (secondary N) is 1. The van der Waals surface area contributed by atoms with Crippen molar-refractivity contribution in [3.05, 3.63) is 53.3 Å². The van der Waals surface area contributed by atoms with Gasteiger partial charge in [-0.1, -0.05) is 23.7 Å². The van der Waals surface area contributed by atoms with Crippen LogP contribution in [0.3, 0.4) is 0 Å². The molecule has 2 aromatic heterocycles. The van der Waals surface area contributed by atoms with Gasteiger partial charge in [-0.15, -0.1) is 15.3 Å². The number of carbonyl (C=O) groups is 1. The number of anilines is 1. The van der Waals surface area contributed by atoms with Gasteiger partial charge < -0.3 is 10.2 Å². The van der Waals surface area contributed by atoms with Gasteiger partial charge in [0, 0.05) is 37.1 Å². The number of amides is 1. The van der Waals surface area contributed by atoms with Gasteiger partial charge in [-0.2, -0.15) is 4.52 Å². The molecule has 2 aliphatic rings. The Kier molecular flexibility index (Phi) is 6.73. The second kappa shape index (κ2) is 10.1. The second-order valence-corrected chi connectivity index (χ2v) is 9.61. The standard InChI is InChI=1S/C24H30ClN7O/c25-21-3-1-19(2-4-21)16-30-11-7-18(8-12-30)15-26-24(33)20-9-13-31(14-10-20)23-6-5-22-28-27-17-32(22)29-23/h1-6,17-18,20H,7-16H2,(H,26,33). The number of rotatable bonds is 6. The van der Waals surface area contributed by atoms with Crippen LogP contribution in [0.2, 0.25) is 5.02 Å². The molecular formula is C24H30ClN7O. The highest BCUT2D eigenvalue weighted by molar-refractivity contribution is 6.30. The van der Waals surface area contributed by atoms with Crippen LogP contribution >= 0.6 is 11.6 Å². The normalized spacial score (nSPS) is 18.6. The third-order valence-corrected chi connectivity index (χ3v) is 7.18. The Hall–Kier alpha value is -2.71. The average Bonchev–Trinajstić information content (AvgIpc) is 3.33. The minimum Gasteiger partial charge on any atom is -0.356 e. The molecule has 1 aromatic carbocycles. The number of hydrogen-bond donors (Lipinski definition) is 1. The zero-order valence-corrected chi connectivity index (χ0v) is 19.5. The van der Waals surface area contributed by atoms with E-state index >= 15 is 0 Å². The molecule has 0 atom stereocenters. The molecule has 2 saturated heterocycles. The fraction of sp³-hybridized carbons (Fsp3) is 0.500. The Bertz CT molecular complexity index is 1070. The molecule has 174 valence electrons. The van der Waals surface area contributed by atoms with Gasteiger partial charge in [-0.25, -0.2) is 0 Å². The lowest BCUT2D eigenvalue weighted by Gasteiger charge is -2.34. The van der Waals surface area contributed by atoms with E-state index in [9.17, 15) is 4.79 Å². The van der Waals surface area contributed by atoms with Crippen LogP contribution in [0, 0.1) is 11.8 Å². The Labute approximate surface area is 198 Å². The molecule has 0 spiro atoms. The molecule has 0 bridgehead atoms. The summed E-state index contributed by atoms with van der Waals surface area (Å²) >= 11 is 5.98. The van der Waals surface area contributed by atoms with Crippen molar-refractivity contribution in [1.29, 1.82) is 0 Å². The molecule has 0 aliphatic carbocycles. The minimum absolute atomic E-state index is 0.0879. The Morgan fingerprint density at radius 1 is 1.00 bits per heavy atom. The summed E-state index contributed by atoms with van der Waals surface area (Å²) in [6.07, 6.45) is 5.58. The van der Waals surface area contributed by atoms with Gasteiger partial charge in [0.15, 0.2) is 5.65 Å². The van der Waals surface area contributed by atoms with Crippen molar-refractivity contribution >= 4 is 29.0 Å². The summed E-state index contributed by atoms with van der Waals surface area (Å²) in [7, 11) is 0. The summed E-state index contributed by atoms with van der Waals surface area (Å²) < 4.78 is 1.69. The maximum atomic E-state index is 12.8. The summed E-state index contributed by atoms with van der Waals surface area (Å²) in [6, 6.07) is 12.0. The number of benzene rings is 1. The maximum absolute atomic E-state index is 12.8. The second-order valence-electron chi connectivity index (χ2n) is 9.18. The smallest absolute Gasteiger partial charge is 0.223 e. The van der Waals surface area contributed by atoms with Gasteiger partial charge in [0.05, 0.1) is 0 Å². The van der Waals surface area contributed by atoms with Crippen LogP contribution in [0.25, 0.3) is 5.65 Å². The minimum atomic E-state index is 0.0879. The first-order valence-electron chi connectivity index (χ1n) is 11.8. The molecule has 4 heterocycles. The van der Waals surface area contributed by atoms with E-state index in [-0.39, 0.29) is 11.8 Å². The van der Waals surface area contributed by atoms with Crippen LogP contribution in [0.4, 0.5) is 5.82 Å². The number of piperidine rings is 2. The van der Waals surface area contributed by atoms with E-state index < -0.39 is 0 Å². The summed E-state index contributed by atoms with van der Waals surface area (Å²) in [5, 5.41) is 16.5. The monoisotopic (exact) mass is 467 g/mol. The summed E-state index contributed by atoms with van der Waals surface area (Å²) in [4.78, 5) is 17.5. The largest absolute Gasteiger partial charge is 0.356 e. The van der Waals surface area contributed by atoms with E-state index in [4.69, 9.17) is 11.6 Å². The van der Waals surface area contributed by atoms with Crippen molar-refractivity contribution in [2.45, 2.75) is 32.2 Å². The number of carbonyl (C=O) groups excluding carboxylic acids is 1. The first-order chi connectivity index (χ1) is 16.1. The van der Waals surface area contributed by atoms with Crippen LogP contribution in [-0.4, -0.2) is 63.3 Å². The zero-order chi connectivity index (χ0) is 22.6. The lowest BCUT2D eigenvalue weighted by atomic mass is 9.94. The maximum Gasteiger partial charge on any atom is 0.223 e. The molecule has 1 N–H and O–H groups in total. The van der Waals surface area contributed by atoms with Crippen LogP contribution in [-0.2, 0) is 11.3 Å². The van der Waals surface area contributed by atoms with E-state index in [1.165, 1.54) is 5.56 Å². The van der Waals surface area contributed by atoms with Crippen LogP contribution in [0.15, 0.2) is 42.7 Å². The molecule has 9 heteroatoms. The number of halogens is 1. The van der Waals surface area contributed by atoms with Gasteiger partial charge in [-0.3, -0.25) is 9.69 Å². The fourth-order valence-electron chi connectivity index (χ4n) is 4.84. The third-order valence-electron chi connectivity index (χ3n) is 6.93. The van der Waals surface area contributed by atoms with Gasteiger partial charge in [0.2, 0.25) is 5.91 Å². The Morgan fingerprint density at radius 3 is 2.52 bits per heavy atom. The van der Waals surface area contributed by atoms with Crippen LogP contribution in [0.5, 0.6) is 0 Å². The van der Waals surface area contributed by atoms with E-state index in [1.54, 1.807) is 10.8 Å². The molecule has 3 aromatic rings. The van der Waals surface area contributed by atoms with Gasteiger partial charge >= 0.3 is 0 Å². The Balaban J connectivity index is 1.03. The first-order valence-corrected chi connectivity index (χ1v) is 12.2. The predicted molar refractivity (Wildman–Crippen MR) is 128 cm³/mol. The lowest BCUT2D eigenvalue weighted by Crippen LogP contribution is -2.43.